The fraction of sp³-hybridized carbons (Fsp3) is 0.545. The highest BCUT2D eigenvalue weighted by molar-refractivity contribution is 5.82. The summed E-state index contributed by atoms with van der Waals surface area (Å²) in [6.07, 6.45) is 4.07. The van der Waals surface area contributed by atoms with Crippen LogP contribution in [-0.4, -0.2) is 26.1 Å². The molecule has 2 aromatic rings. The van der Waals surface area contributed by atoms with Gasteiger partial charge in [0.2, 0.25) is 0 Å². The van der Waals surface area contributed by atoms with Crippen molar-refractivity contribution in [2.75, 3.05) is 11.9 Å². The number of hydrogen-bond acceptors (Lipinski definition) is 4. The molecule has 5 nitrogen and oxygen atoms in total. The number of fused-ring (bicyclic) bond motifs is 1. The summed E-state index contributed by atoms with van der Waals surface area (Å²) in [5.74, 6) is 1.62. The van der Waals surface area contributed by atoms with E-state index in [1.807, 2.05) is 18.5 Å². The molecule has 2 aromatic heterocycles. The Kier molecular flexibility index (Phi) is 3.03. The lowest BCUT2D eigenvalue weighted by atomic mass is 10.3. The molecule has 0 aliphatic heterocycles. The SMILES string of the molecule is CCCCNc1nc(C)nc2c1ncn2C. The highest BCUT2D eigenvalue weighted by Gasteiger charge is 2.09. The second kappa shape index (κ2) is 4.47. The molecule has 2 heterocycles. The predicted octanol–water partition coefficient (Wildman–Crippen LogP) is 1.88. The van der Waals surface area contributed by atoms with Gasteiger partial charge in [-0.05, 0) is 13.3 Å². The van der Waals surface area contributed by atoms with E-state index >= 15 is 0 Å². The lowest BCUT2D eigenvalue weighted by Gasteiger charge is -2.06. The fourth-order valence-electron chi connectivity index (χ4n) is 1.62. The molecule has 0 amide bonds. The number of aromatic nitrogens is 4. The molecule has 5 heteroatoms. The Hall–Kier alpha value is -1.65. The summed E-state index contributed by atoms with van der Waals surface area (Å²) in [5, 5.41) is 3.32. The molecule has 86 valence electrons. The van der Waals surface area contributed by atoms with Crippen LogP contribution in [0.15, 0.2) is 6.33 Å². The number of unbranched alkanes of at least 4 members (excludes halogenated alkanes) is 1. The number of anilines is 1. The third kappa shape index (κ3) is 1.98. The van der Waals surface area contributed by atoms with Crippen LogP contribution in [0.5, 0.6) is 0 Å². The van der Waals surface area contributed by atoms with E-state index in [-0.39, 0.29) is 0 Å². The van der Waals surface area contributed by atoms with Gasteiger partial charge < -0.3 is 9.88 Å². The summed E-state index contributed by atoms with van der Waals surface area (Å²) in [5.41, 5.74) is 1.73. The monoisotopic (exact) mass is 219 g/mol. The minimum Gasteiger partial charge on any atom is -0.368 e. The van der Waals surface area contributed by atoms with E-state index in [0.29, 0.717) is 0 Å². The highest BCUT2D eigenvalue weighted by Crippen LogP contribution is 2.17. The Morgan fingerprint density at radius 2 is 2.19 bits per heavy atom. The van der Waals surface area contributed by atoms with Crippen molar-refractivity contribution in [2.24, 2.45) is 7.05 Å². The van der Waals surface area contributed by atoms with E-state index in [4.69, 9.17) is 0 Å². The van der Waals surface area contributed by atoms with Crippen molar-refractivity contribution in [3.05, 3.63) is 12.2 Å². The zero-order valence-electron chi connectivity index (χ0n) is 9.99. The smallest absolute Gasteiger partial charge is 0.165 e. The summed E-state index contributed by atoms with van der Waals surface area (Å²) in [6.45, 7) is 5.00. The van der Waals surface area contributed by atoms with Gasteiger partial charge >= 0.3 is 0 Å². The third-order valence-electron chi connectivity index (χ3n) is 2.49. The maximum atomic E-state index is 4.39. The van der Waals surface area contributed by atoms with Crippen LogP contribution in [0, 0.1) is 6.92 Å². The maximum absolute atomic E-state index is 4.39. The van der Waals surface area contributed by atoms with Gasteiger partial charge in [-0.15, -0.1) is 0 Å². The van der Waals surface area contributed by atoms with Crippen LogP contribution in [0.25, 0.3) is 11.2 Å². The van der Waals surface area contributed by atoms with Crippen molar-refractivity contribution in [3.8, 4) is 0 Å². The van der Waals surface area contributed by atoms with Gasteiger partial charge in [0.05, 0.1) is 6.33 Å². The van der Waals surface area contributed by atoms with E-state index in [0.717, 1.165) is 35.8 Å². The van der Waals surface area contributed by atoms with E-state index in [2.05, 4.69) is 27.2 Å². The van der Waals surface area contributed by atoms with Gasteiger partial charge in [-0.3, -0.25) is 0 Å². The fourth-order valence-corrected chi connectivity index (χ4v) is 1.62. The number of nitrogens with one attached hydrogen (secondary N) is 1. The topological polar surface area (TPSA) is 55.6 Å². The van der Waals surface area contributed by atoms with Crippen molar-refractivity contribution >= 4 is 17.0 Å². The first-order valence-electron chi connectivity index (χ1n) is 5.62. The second-order valence-corrected chi connectivity index (χ2v) is 3.93. The van der Waals surface area contributed by atoms with Gasteiger partial charge in [0.1, 0.15) is 11.3 Å². The molecule has 0 saturated heterocycles. The molecule has 2 rings (SSSR count). The number of nitrogens with zero attached hydrogens (tertiary/aromatic N) is 4. The predicted molar refractivity (Wildman–Crippen MR) is 64.4 cm³/mol. The second-order valence-electron chi connectivity index (χ2n) is 3.93. The molecule has 0 spiro atoms. The van der Waals surface area contributed by atoms with Crippen LogP contribution in [0.3, 0.4) is 0 Å². The first-order chi connectivity index (χ1) is 7.72. The molecule has 1 N–H and O–H groups in total. The normalized spacial score (nSPS) is 10.9. The summed E-state index contributed by atoms with van der Waals surface area (Å²) >= 11 is 0. The van der Waals surface area contributed by atoms with E-state index in [9.17, 15) is 0 Å². The molecular formula is C11H17N5. The van der Waals surface area contributed by atoms with Crippen LogP contribution in [0.2, 0.25) is 0 Å². The summed E-state index contributed by atoms with van der Waals surface area (Å²) in [4.78, 5) is 13.1. The van der Waals surface area contributed by atoms with Gasteiger partial charge in [-0.25, -0.2) is 15.0 Å². The number of rotatable bonds is 4. The standard InChI is InChI=1S/C11H17N5/c1-4-5-6-12-10-9-11(15-8(2)14-10)16(3)7-13-9/h7H,4-6H2,1-3H3,(H,12,14,15). The van der Waals surface area contributed by atoms with Crippen LogP contribution in [0.1, 0.15) is 25.6 Å². The van der Waals surface area contributed by atoms with Gasteiger partial charge in [-0.1, -0.05) is 13.3 Å². The zero-order valence-corrected chi connectivity index (χ0v) is 9.99. The quantitative estimate of drug-likeness (QED) is 0.798. The molecule has 0 radical (unpaired) electrons. The molecule has 0 fully saturated rings. The maximum Gasteiger partial charge on any atom is 0.165 e. The first-order valence-corrected chi connectivity index (χ1v) is 5.62. The van der Waals surface area contributed by atoms with Gasteiger partial charge in [-0.2, -0.15) is 0 Å². The number of imidazole rings is 1. The van der Waals surface area contributed by atoms with Crippen molar-refractivity contribution in [2.45, 2.75) is 26.7 Å². The number of hydrogen-bond donors (Lipinski definition) is 1. The molecule has 0 atom stereocenters. The molecule has 0 aromatic carbocycles. The average Bonchev–Trinajstić information content (AvgIpc) is 2.61. The van der Waals surface area contributed by atoms with Gasteiger partial charge in [0.25, 0.3) is 0 Å². The Balaban J connectivity index is 2.35. The lowest BCUT2D eigenvalue weighted by Crippen LogP contribution is -2.05. The average molecular weight is 219 g/mol. The molecule has 0 aliphatic carbocycles. The summed E-state index contributed by atoms with van der Waals surface area (Å²) in [6, 6.07) is 0. The molecule has 0 aliphatic rings. The first kappa shape index (κ1) is 10.9. The largest absolute Gasteiger partial charge is 0.368 e. The third-order valence-corrected chi connectivity index (χ3v) is 2.49. The number of aryl methyl sites for hydroxylation is 2. The minimum absolute atomic E-state index is 0.773. The Morgan fingerprint density at radius 3 is 2.94 bits per heavy atom. The van der Waals surface area contributed by atoms with Gasteiger partial charge in [0.15, 0.2) is 11.5 Å². The highest BCUT2D eigenvalue weighted by atomic mass is 15.1. The summed E-state index contributed by atoms with van der Waals surface area (Å²) in [7, 11) is 1.94. The molecule has 16 heavy (non-hydrogen) atoms. The summed E-state index contributed by atoms with van der Waals surface area (Å²) < 4.78 is 1.91. The van der Waals surface area contributed by atoms with Crippen LogP contribution < -0.4 is 5.32 Å². The van der Waals surface area contributed by atoms with Crippen molar-refractivity contribution < 1.29 is 0 Å². The van der Waals surface area contributed by atoms with Crippen molar-refractivity contribution in [1.29, 1.82) is 0 Å². The molecule has 0 saturated carbocycles. The van der Waals surface area contributed by atoms with Crippen LogP contribution in [-0.2, 0) is 7.05 Å². The van der Waals surface area contributed by atoms with Gasteiger partial charge in [0, 0.05) is 13.6 Å². The molecular weight excluding hydrogens is 202 g/mol. The minimum atomic E-state index is 0.773. The lowest BCUT2D eigenvalue weighted by molar-refractivity contribution is 0.830. The molecule has 0 unspecified atom stereocenters. The van der Waals surface area contributed by atoms with Crippen molar-refractivity contribution in [3.63, 3.8) is 0 Å². The van der Waals surface area contributed by atoms with E-state index in [1.54, 1.807) is 6.33 Å². The Morgan fingerprint density at radius 1 is 1.38 bits per heavy atom. The zero-order chi connectivity index (χ0) is 11.5. The van der Waals surface area contributed by atoms with E-state index in [1.165, 1.54) is 6.42 Å². The van der Waals surface area contributed by atoms with Crippen molar-refractivity contribution in [1.82, 2.24) is 19.5 Å². The van der Waals surface area contributed by atoms with Crippen LogP contribution >= 0.6 is 0 Å². The van der Waals surface area contributed by atoms with E-state index < -0.39 is 0 Å². The van der Waals surface area contributed by atoms with Crippen LogP contribution in [0.4, 0.5) is 5.82 Å². The Labute approximate surface area is 94.9 Å². The Bertz CT molecular complexity index is 488. The molecule has 0 bridgehead atoms.